The molecule has 3 aromatic rings. The Morgan fingerprint density at radius 2 is 1.81 bits per heavy atom. The molecular formula is C22H19N3O2. The van der Waals surface area contributed by atoms with Crippen LogP contribution in [0.1, 0.15) is 23.2 Å². The summed E-state index contributed by atoms with van der Waals surface area (Å²) in [5, 5.41) is 7.79. The molecule has 5 nitrogen and oxygen atoms in total. The molecule has 5 heteroatoms. The highest BCUT2D eigenvalue weighted by atomic mass is 16.5. The molecule has 1 aromatic heterocycles. The normalized spacial score (nSPS) is 13.1. The fourth-order valence-electron chi connectivity index (χ4n) is 2.80. The molecule has 0 bridgehead atoms. The number of rotatable bonds is 5. The van der Waals surface area contributed by atoms with Crippen LogP contribution in [0.15, 0.2) is 85.1 Å². The number of ether oxygens (including phenoxy) is 1. The first-order chi connectivity index (χ1) is 13.3. The van der Waals surface area contributed by atoms with E-state index in [1.54, 1.807) is 24.3 Å². The Labute approximate surface area is 157 Å². The van der Waals surface area contributed by atoms with Crippen LogP contribution in [0.25, 0.3) is 5.70 Å². The SMILES string of the molecule is O=C(Oc1ccc(Nc2ccn(C3=CCCC=C3)n2)cc1)c1ccccc1. The highest BCUT2D eigenvalue weighted by Gasteiger charge is 2.08. The zero-order valence-corrected chi connectivity index (χ0v) is 14.7. The number of aromatic nitrogens is 2. The van der Waals surface area contributed by atoms with Crippen LogP contribution in [0.3, 0.4) is 0 Å². The topological polar surface area (TPSA) is 56.1 Å². The number of carbonyl (C=O) groups excluding carboxylic acids is 1. The van der Waals surface area contributed by atoms with Gasteiger partial charge in [0.05, 0.1) is 11.3 Å². The molecule has 0 fully saturated rings. The van der Waals surface area contributed by atoms with E-state index in [2.05, 4.69) is 28.6 Å². The molecule has 0 radical (unpaired) electrons. The second-order valence-electron chi connectivity index (χ2n) is 6.16. The van der Waals surface area contributed by atoms with Crippen molar-refractivity contribution in [3.8, 4) is 5.75 Å². The van der Waals surface area contributed by atoms with Gasteiger partial charge in [0.1, 0.15) is 5.75 Å². The quantitative estimate of drug-likeness (QED) is 0.513. The minimum absolute atomic E-state index is 0.371. The lowest BCUT2D eigenvalue weighted by Crippen LogP contribution is -2.08. The van der Waals surface area contributed by atoms with Gasteiger partial charge in [-0.1, -0.05) is 30.4 Å². The maximum atomic E-state index is 12.1. The number of hydrogen-bond donors (Lipinski definition) is 1. The number of nitrogens with one attached hydrogen (secondary N) is 1. The molecule has 0 spiro atoms. The molecule has 134 valence electrons. The lowest BCUT2D eigenvalue weighted by molar-refractivity contribution is 0.0735. The lowest BCUT2D eigenvalue weighted by atomic mass is 10.1. The van der Waals surface area contributed by atoms with Crippen LogP contribution in [0.5, 0.6) is 5.75 Å². The highest BCUT2D eigenvalue weighted by molar-refractivity contribution is 5.91. The van der Waals surface area contributed by atoms with Crippen molar-refractivity contribution in [3.63, 3.8) is 0 Å². The predicted molar refractivity (Wildman–Crippen MR) is 106 cm³/mol. The molecule has 0 atom stereocenters. The van der Waals surface area contributed by atoms with Crippen molar-refractivity contribution in [1.29, 1.82) is 0 Å². The maximum Gasteiger partial charge on any atom is 0.343 e. The van der Waals surface area contributed by atoms with E-state index in [1.807, 2.05) is 47.3 Å². The van der Waals surface area contributed by atoms with E-state index in [1.165, 1.54) is 0 Å². The van der Waals surface area contributed by atoms with E-state index < -0.39 is 0 Å². The summed E-state index contributed by atoms with van der Waals surface area (Å²) in [6.45, 7) is 0. The maximum absolute atomic E-state index is 12.1. The van der Waals surface area contributed by atoms with Gasteiger partial charge >= 0.3 is 5.97 Å². The first kappa shape index (κ1) is 16.8. The first-order valence-corrected chi connectivity index (χ1v) is 8.85. The van der Waals surface area contributed by atoms with Crippen molar-refractivity contribution in [2.24, 2.45) is 0 Å². The van der Waals surface area contributed by atoms with E-state index in [0.717, 1.165) is 30.0 Å². The number of anilines is 2. The molecule has 1 aliphatic carbocycles. The second-order valence-corrected chi connectivity index (χ2v) is 6.16. The van der Waals surface area contributed by atoms with Gasteiger partial charge in [-0.05, 0) is 55.3 Å². The molecule has 0 amide bonds. The summed E-state index contributed by atoms with van der Waals surface area (Å²) in [6, 6.07) is 18.1. The number of nitrogens with zero attached hydrogens (tertiary/aromatic N) is 2. The zero-order valence-electron chi connectivity index (χ0n) is 14.7. The molecule has 0 saturated heterocycles. The predicted octanol–water partition coefficient (Wildman–Crippen LogP) is 5.04. The third-order valence-electron chi connectivity index (χ3n) is 4.18. The lowest BCUT2D eigenvalue weighted by Gasteiger charge is -2.08. The van der Waals surface area contributed by atoms with Crippen LogP contribution in [0, 0.1) is 0 Å². The number of hydrogen-bond acceptors (Lipinski definition) is 4. The van der Waals surface area contributed by atoms with Crippen LogP contribution >= 0.6 is 0 Å². The van der Waals surface area contributed by atoms with Crippen molar-refractivity contribution in [3.05, 3.63) is 90.7 Å². The summed E-state index contributed by atoms with van der Waals surface area (Å²) < 4.78 is 7.24. The summed E-state index contributed by atoms with van der Waals surface area (Å²) in [5.74, 6) is 0.880. The summed E-state index contributed by atoms with van der Waals surface area (Å²) in [4.78, 5) is 12.1. The van der Waals surface area contributed by atoms with Gasteiger partial charge in [-0.2, -0.15) is 5.10 Å². The summed E-state index contributed by atoms with van der Waals surface area (Å²) in [5.41, 5.74) is 2.47. The Hall–Kier alpha value is -3.60. The fourth-order valence-corrected chi connectivity index (χ4v) is 2.80. The number of benzene rings is 2. The summed E-state index contributed by atoms with van der Waals surface area (Å²) >= 11 is 0. The zero-order chi connectivity index (χ0) is 18.5. The highest BCUT2D eigenvalue weighted by Crippen LogP contribution is 2.21. The average Bonchev–Trinajstić information content (AvgIpc) is 3.19. The van der Waals surface area contributed by atoms with Crippen molar-refractivity contribution < 1.29 is 9.53 Å². The third-order valence-corrected chi connectivity index (χ3v) is 4.18. The van der Waals surface area contributed by atoms with Crippen molar-refractivity contribution >= 4 is 23.2 Å². The standard InChI is InChI=1S/C22H19N3O2/c26-22(17-7-3-1-4-8-17)27-20-13-11-18(12-14-20)23-21-15-16-25(24-21)19-9-5-2-6-10-19/h1,3-5,7-16H,2,6H2,(H,23,24). The van der Waals surface area contributed by atoms with Crippen molar-refractivity contribution in [2.45, 2.75) is 12.8 Å². The van der Waals surface area contributed by atoms with Crippen molar-refractivity contribution in [1.82, 2.24) is 9.78 Å². The smallest absolute Gasteiger partial charge is 0.343 e. The monoisotopic (exact) mass is 357 g/mol. The van der Waals surface area contributed by atoms with Gasteiger partial charge in [-0.25, -0.2) is 9.48 Å². The van der Waals surface area contributed by atoms with Gasteiger partial charge in [-0.15, -0.1) is 0 Å². The van der Waals surface area contributed by atoms with Gasteiger partial charge in [0.25, 0.3) is 0 Å². The van der Waals surface area contributed by atoms with Crippen LogP contribution in [0.2, 0.25) is 0 Å². The van der Waals surface area contributed by atoms with E-state index in [0.29, 0.717) is 11.3 Å². The number of allylic oxidation sites excluding steroid dienone is 4. The van der Waals surface area contributed by atoms with Crippen LogP contribution in [-0.2, 0) is 0 Å². The van der Waals surface area contributed by atoms with Gasteiger partial charge in [0.2, 0.25) is 0 Å². The Balaban J connectivity index is 1.39. The molecular weight excluding hydrogens is 338 g/mol. The Kier molecular flexibility index (Phi) is 4.83. The molecule has 1 heterocycles. The molecule has 1 aliphatic rings. The number of carbonyl (C=O) groups is 1. The largest absolute Gasteiger partial charge is 0.423 e. The van der Waals surface area contributed by atoms with E-state index in [4.69, 9.17) is 4.74 Å². The van der Waals surface area contributed by atoms with Gasteiger partial charge in [0, 0.05) is 18.0 Å². The Bertz CT molecular complexity index is 986. The third kappa shape index (κ3) is 4.15. The van der Waals surface area contributed by atoms with Crippen LogP contribution in [-0.4, -0.2) is 15.7 Å². The van der Waals surface area contributed by atoms with Crippen molar-refractivity contribution in [2.75, 3.05) is 5.32 Å². The molecule has 2 aromatic carbocycles. The molecule has 0 unspecified atom stereocenters. The van der Waals surface area contributed by atoms with E-state index in [-0.39, 0.29) is 5.97 Å². The van der Waals surface area contributed by atoms with Gasteiger partial charge < -0.3 is 10.1 Å². The summed E-state index contributed by atoms with van der Waals surface area (Å²) in [6.07, 6.45) is 10.5. The Morgan fingerprint density at radius 1 is 1.00 bits per heavy atom. The second kappa shape index (κ2) is 7.74. The van der Waals surface area contributed by atoms with Gasteiger partial charge in [-0.3, -0.25) is 0 Å². The molecule has 4 rings (SSSR count). The number of esters is 1. The van der Waals surface area contributed by atoms with E-state index >= 15 is 0 Å². The van der Waals surface area contributed by atoms with Crippen LogP contribution < -0.4 is 10.1 Å². The molecule has 0 aliphatic heterocycles. The molecule has 27 heavy (non-hydrogen) atoms. The van der Waals surface area contributed by atoms with Crippen LogP contribution in [0.4, 0.5) is 11.5 Å². The van der Waals surface area contributed by atoms with E-state index in [9.17, 15) is 4.79 Å². The fraction of sp³-hybridized carbons (Fsp3) is 0.0909. The van der Waals surface area contributed by atoms with Gasteiger partial charge in [0.15, 0.2) is 5.82 Å². The first-order valence-electron chi connectivity index (χ1n) is 8.85. The molecule has 1 N–H and O–H groups in total. The summed E-state index contributed by atoms with van der Waals surface area (Å²) in [7, 11) is 0. The Morgan fingerprint density at radius 3 is 2.56 bits per heavy atom. The average molecular weight is 357 g/mol. The molecule has 0 saturated carbocycles. The minimum Gasteiger partial charge on any atom is -0.423 e. The minimum atomic E-state index is -0.371.